The van der Waals surface area contributed by atoms with Crippen LogP contribution in [-0.2, 0) is 19.1 Å². The lowest BCUT2D eigenvalue weighted by atomic mass is 10.2. The van der Waals surface area contributed by atoms with Crippen LogP contribution in [0.25, 0.3) is 0 Å². The summed E-state index contributed by atoms with van der Waals surface area (Å²) in [5.74, 6) is -0.520. The first-order chi connectivity index (χ1) is 8.07. The number of hydrogen-bond acceptors (Lipinski definition) is 6. The predicted molar refractivity (Wildman–Crippen MR) is 62.7 cm³/mol. The quantitative estimate of drug-likeness (QED) is 0.284. The van der Waals surface area contributed by atoms with Crippen molar-refractivity contribution in [3.05, 3.63) is 0 Å². The van der Waals surface area contributed by atoms with Crippen LogP contribution in [0.2, 0.25) is 0 Å². The van der Waals surface area contributed by atoms with Crippen molar-refractivity contribution in [1.82, 2.24) is 0 Å². The smallest absolute Gasteiger partial charge is 0.309 e. The van der Waals surface area contributed by atoms with E-state index in [1.165, 1.54) is 17.8 Å². The first-order valence-electron chi connectivity index (χ1n) is 5.07. The molecular weight excluding hydrogens is 246 g/mol. The molecule has 0 aromatic heterocycles. The molecular formula is C10H15NO5S. The monoisotopic (exact) mass is 261 g/mol. The van der Waals surface area contributed by atoms with E-state index >= 15 is 0 Å². The summed E-state index contributed by atoms with van der Waals surface area (Å²) in [6.45, 7) is 1.89. The Morgan fingerprint density at radius 2 is 2.24 bits per heavy atom. The average molecular weight is 261 g/mol. The number of hydrogen-bond donors (Lipinski definition) is 1. The molecule has 0 saturated carbocycles. The average Bonchev–Trinajstić information content (AvgIpc) is 2.29. The van der Waals surface area contributed by atoms with Crippen molar-refractivity contribution in [2.24, 2.45) is 10.9 Å². The van der Waals surface area contributed by atoms with Crippen molar-refractivity contribution in [2.45, 2.75) is 13.3 Å². The van der Waals surface area contributed by atoms with E-state index in [1.807, 2.05) is 0 Å². The number of esters is 1. The van der Waals surface area contributed by atoms with Crippen LogP contribution in [0.5, 0.6) is 0 Å². The molecule has 0 aliphatic rings. The molecule has 0 fully saturated rings. The van der Waals surface area contributed by atoms with E-state index in [0.717, 1.165) is 0 Å². The van der Waals surface area contributed by atoms with Crippen LogP contribution in [0, 0.1) is 5.92 Å². The van der Waals surface area contributed by atoms with E-state index in [9.17, 15) is 14.4 Å². The van der Waals surface area contributed by atoms with Crippen molar-refractivity contribution < 1.29 is 24.2 Å². The molecule has 1 N–H and O–H groups in total. The number of carbonyl (C=O) groups excluding carboxylic acids is 2. The van der Waals surface area contributed by atoms with Crippen LogP contribution >= 0.6 is 11.8 Å². The fraction of sp³-hybridized carbons (Fsp3) is 0.700. The van der Waals surface area contributed by atoms with E-state index in [-0.39, 0.29) is 31.5 Å². The van der Waals surface area contributed by atoms with Crippen molar-refractivity contribution >= 4 is 29.8 Å². The summed E-state index contributed by atoms with van der Waals surface area (Å²) in [6, 6.07) is 0. The van der Waals surface area contributed by atoms with Crippen LogP contribution in [-0.4, -0.2) is 47.8 Å². The lowest BCUT2D eigenvalue weighted by Crippen LogP contribution is -2.18. The first-order valence-corrected chi connectivity index (χ1v) is 6.23. The summed E-state index contributed by atoms with van der Waals surface area (Å²) in [4.78, 5) is 34.6. The number of thioether (sulfide) groups is 1. The molecule has 7 heteroatoms. The summed E-state index contributed by atoms with van der Waals surface area (Å²) in [5, 5.41) is 8.41. The molecule has 0 radical (unpaired) electrons. The van der Waals surface area contributed by atoms with Gasteiger partial charge in [-0.15, -0.1) is 0 Å². The fourth-order valence-corrected chi connectivity index (χ4v) is 1.84. The molecule has 17 heavy (non-hydrogen) atoms. The van der Waals surface area contributed by atoms with Crippen molar-refractivity contribution in [2.75, 3.05) is 24.7 Å². The van der Waals surface area contributed by atoms with E-state index in [4.69, 9.17) is 9.84 Å². The number of carboxylic acids is 1. The van der Waals surface area contributed by atoms with Crippen LogP contribution in [0.15, 0.2) is 4.99 Å². The van der Waals surface area contributed by atoms with Gasteiger partial charge < -0.3 is 9.84 Å². The molecule has 0 rings (SSSR count). The van der Waals surface area contributed by atoms with Gasteiger partial charge >= 0.3 is 11.9 Å². The highest BCUT2D eigenvalue weighted by molar-refractivity contribution is 7.99. The van der Waals surface area contributed by atoms with Gasteiger partial charge in [0.1, 0.15) is 6.61 Å². The Kier molecular flexibility index (Phi) is 9.09. The Morgan fingerprint density at radius 3 is 2.82 bits per heavy atom. The molecule has 1 unspecified atom stereocenters. The summed E-state index contributed by atoms with van der Waals surface area (Å²) < 4.78 is 4.84. The number of isocyanates is 1. The molecule has 0 aliphatic heterocycles. The second-order valence-corrected chi connectivity index (χ2v) is 4.41. The van der Waals surface area contributed by atoms with Gasteiger partial charge in [0.05, 0.1) is 18.9 Å². The normalized spacial score (nSPS) is 11.4. The highest BCUT2D eigenvalue weighted by Gasteiger charge is 2.14. The lowest BCUT2D eigenvalue weighted by molar-refractivity contribution is -0.146. The van der Waals surface area contributed by atoms with Gasteiger partial charge in [-0.2, -0.15) is 11.8 Å². The van der Waals surface area contributed by atoms with Gasteiger partial charge in [-0.25, -0.2) is 9.79 Å². The highest BCUT2D eigenvalue weighted by Crippen LogP contribution is 2.11. The molecule has 0 spiro atoms. The van der Waals surface area contributed by atoms with Gasteiger partial charge in [0, 0.05) is 11.5 Å². The Balaban J connectivity index is 3.59. The van der Waals surface area contributed by atoms with Gasteiger partial charge in [0.25, 0.3) is 0 Å². The zero-order chi connectivity index (χ0) is 13.1. The third kappa shape index (κ3) is 9.59. The minimum atomic E-state index is -0.848. The maximum Gasteiger partial charge on any atom is 0.309 e. The summed E-state index contributed by atoms with van der Waals surface area (Å²) in [5.41, 5.74) is 0. The van der Waals surface area contributed by atoms with Crippen LogP contribution < -0.4 is 0 Å². The zero-order valence-electron chi connectivity index (χ0n) is 9.55. The topological polar surface area (TPSA) is 93.0 Å². The number of aliphatic imine (C=N–C) groups is 1. The minimum absolute atomic E-state index is 0.0677. The van der Waals surface area contributed by atoms with Crippen molar-refractivity contribution in [3.8, 4) is 0 Å². The van der Waals surface area contributed by atoms with Gasteiger partial charge in [0.15, 0.2) is 0 Å². The van der Waals surface area contributed by atoms with Crippen LogP contribution in [0.4, 0.5) is 0 Å². The molecule has 0 aromatic rings. The minimum Gasteiger partial charge on any atom is -0.481 e. The van der Waals surface area contributed by atoms with Crippen molar-refractivity contribution in [1.29, 1.82) is 0 Å². The lowest BCUT2D eigenvalue weighted by Gasteiger charge is -2.09. The predicted octanol–water partition coefficient (Wildman–Crippen LogP) is 0.709. The standard InChI is InChI=1S/C10H15NO5S/c1-8(6-17-5-2-9(13)14)10(15)16-4-3-11-7-12/h8H,2-6H2,1H3,(H,13,14). The number of aliphatic carboxylic acids is 1. The molecule has 6 nitrogen and oxygen atoms in total. The first kappa shape index (κ1) is 15.7. The Morgan fingerprint density at radius 1 is 1.53 bits per heavy atom. The third-order valence-corrected chi connectivity index (χ3v) is 2.97. The molecule has 0 aromatic carbocycles. The summed E-state index contributed by atoms with van der Waals surface area (Å²) >= 11 is 1.39. The molecule has 0 saturated heterocycles. The molecule has 96 valence electrons. The molecule has 1 atom stereocenters. The Bertz CT molecular complexity index is 301. The van der Waals surface area contributed by atoms with Crippen LogP contribution in [0.1, 0.15) is 13.3 Å². The maximum atomic E-state index is 11.3. The highest BCUT2D eigenvalue weighted by atomic mass is 32.2. The second-order valence-electron chi connectivity index (χ2n) is 3.26. The zero-order valence-corrected chi connectivity index (χ0v) is 10.4. The molecule has 0 aliphatic carbocycles. The Hall–Kier alpha value is -1.33. The SMILES string of the molecule is CC(CSCCC(=O)O)C(=O)OCCN=C=O. The number of carboxylic acid groups (broad SMARTS) is 1. The fourth-order valence-electron chi connectivity index (χ4n) is 0.867. The van der Waals surface area contributed by atoms with Crippen LogP contribution in [0.3, 0.4) is 0 Å². The van der Waals surface area contributed by atoms with E-state index in [0.29, 0.717) is 11.5 Å². The van der Waals surface area contributed by atoms with Gasteiger partial charge in [-0.3, -0.25) is 9.59 Å². The van der Waals surface area contributed by atoms with Gasteiger partial charge in [-0.1, -0.05) is 6.92 Å². The third-order valence-electron chi connectivity index (χ3n) is 1.74. The molecule has 0 amide bonds. The van der Waals surface area contributed by atoms with E-state index in [1.54, 1.807) is 6.92 Å². The molecule has 0 bridgehead atoms. The number of nitrogens with zero attached hydrogens (tertiary/aromatic N) is 1. The number of ether oxygens (including phenoxy) is 1. The number of rotatable bonds is 9. The largest absolute Gasteiger partial charge is 0.481 e. The second kappa shape index (κ2) is 9.86. The van der Waals surface area contributed by atoms with E-state index in [2.05, 4.69) is 4.99 Å². The Labute approximate surface area is 103 Å². The van der Waals surface area contributed by atoms with Gasteiger partial charge in [0.2, 0.25) is 6.08 Å². The van der Waals surface area contributed by atoms with Gasteiger partial charge in [-0.05, 0) is 0 Å². The summed E-state index contributed by atoms with van der Waals surface area (Å²) in [7, 11) is 0. The molecule has 0 heterocycles. The maximum absolute atomic E-state index is 11.3. The summed E-state index contributed by atoms with van der Waals surface area (Å²) in [6.07, 6.45) is 1.43. The number of carbonyl (C=O) groups is 2. The van der Waals surface area contributed by atoms with E-state index < -0.39 is 5.97 Å². The van der Waals surface area contributed by atoms with Crippen molar-refractivity contribution in [3.63, 3.8) is 0 Å².